The molecular formula is C12H10N2O3. The first-order valence-electron chi connectivity index (χ1n) is 5.02. The van der Waals surface area contributed by atoms with Gasteiger partial charge in [-0.2, -0.15) is 0 Å². The molecule has 0 amide bonds. The van der Waals surface area contributed by atoms with Crippen LogP contribution in [0.4, 0.5) is 5.69 Å². The molecule has 0 spiro atoms. The minimum atomic E-state index is -0.456. The lowest BCUT2D eigenvalue weighted by Crippen LogP contribution is -1.94. The zero-order chi connectivity index (χ0) is 12.3. The molecule has 17 heavy (non-hydrogen) atoms. The van der Waals surface area contributed by atoms with E-state index in [-0.39, 0.29) is 12.3 Å². The van der Waals surface area contributed by atoms with Gasteiger partial charge in [-0.3, -0.25) is 10.1 Å². The molecule has 0 bridgehead atoms. The van der Waals surface area contributed by atoms with Crippen molar-refractivity contribution < 1.29 is 10.0 Å². The summed E-state index contributed by atoms with van der Waals surface area (Å²) in [7, 11) is 0. The Hall–Kier alpha value is -2.27. The number of nitro groups is 1. The number of rotatable bonds is 3. The lowest BCUT2D eigenvalue weighted by atomic mass is 10.1. The van der Waals surface area contributed by atoms with Crippen LogP contribution in [0.1, 0.15) is 5.56 Å². The molecular weight excluding hydrogens is 220 g/mol. The maximum absolute atomic E-state index is 10.8. The van der Waals surface area contributed by atoms with Crippen LogP contribution in [0.3, 0.4) is 0 Å². The summed E-state index contributed by atoms with van der Waals surface area (Å²) >= 11 is 0. The second-order valence-corrected chi connectivity index (χ2v) is 3.48. The first kappa shape index (κ1) is 11.2. The highest BCUT2D eigenvalue weighted by Crippen LogP contribution is 2.27. The Morgan fingerprint density at radius 3 is 2.53 bits per heavy atom. The molecule has 0 radical (unpaired) electrons. The molecule has 1 N–H and O–H groups in total. The third-order valence-electron chi connectivity index (χ3n) is 2.39. The summed E-state index contributed by atoms with van der Waals surface area (Å²) in [5.74, 6) is 0. The van der Waals surface area contributed by atoms with Crippen LogP contribution in [0.5, 0.6) is 0 Å². The van der Waals surface area contributed by atoms with Gasteiger partial charge in [0.1, 0.15) is 5.69 Å². The Morgan fingerprint density at radius 1 is 1.24 bits per heavy atom. The fourth-order valence-electron chi connectivity index (χ4n) is 1.53. The molecule has 0 aliphatic heterocycles. The fourth-order valence-corrected chi connectivity index (χ4v) is 1.53. The van der Waals surface area contributed by atoms with E-state index in [0.717, 1.165) is 5.56 Å². The van der Waals surface area contributed by atoms with Crippen LogP contribution in [0.15, 0.2) is 42.6 Å². The molecule has 5 heteroatoms. The van der Waals surface area contributed by atoms with Crippen LogP contribution in [0, 0.1) is 10.1 Å². The van der Waals surface area contributed by atoms with Gasteiger partial charge in [0, 0.05) is 17.8 Å². The van der Waals surface area contributed by atoms with E-state index in [4.69, 9.17) is 5.11 Å². The zero-order valence-electron chi connectivity index (χ0n) is 8.91. The van der Waals surface area contributed by atoms with Crippen LogP contribution >= 0.6 is 0 Å². The second-order valence-electron chi connectivity index (χ2n) is 3.48. The van der Waals surface area contributed by atoms with Crippen LogP contribution < -0.4 is 0 Å². The van der Waals surface area contributed by atoms with E-state index in [0.29, 0.717) is 11.3 Å². The lowest BCUT2D eigenvalue weighted by molar-refractivity contribution is -0.384. The standard InChI is InChI=1S/C12H10N2O3/c15-8-9-3-5-10(6-4-9)12-11(14(16)17)2-1-7-13-12/h1-7,15H,8H2. The van der Waals surface area contributed by atoms with Gasteiger partial charge in [-0.15, -0.1) is 0 Å². The molecule has 1 heterocycles. The molecule has 0 atom stereocenters. The largest absolute Gasteiger partial charge is 0.392 e. The highest BCUT2D eigenvalue weighted by atomic mass is 16.6. The van der Waals surface area contributed by atoms with Gasteiger partial charge in [0.2, 0.25) is 0 Å². The molecule has 1 aromatic heterocycles. The van der Waals surface area contributed by atoms with E-state index in [1.54, 1.807) is 24.3 Å². The summed E-state index contributed by atoms with van der Waals surface area (Å²) in [4.78, 5) is 14.4. The first-order chi connectivity index (χ1) is 8.22. The molecule has 5 nitrogen and oxygen atoms in total. The Morgan fingerprint density at radius 2 is 1.94 bits per heavy atom. The Balaban J connectivity index is 2.48. The monoisotopic (exact) mass is 230 g/mol. The number of aliphatic hydroxyl groups is 1. The SMILES string of the molecule is O=[N+]([O-])c1cccnc1-c1ccc(CO)cc1. The molecule has 1 aromatic carbocycles. The molecule has 2 aromatic rings. The molecule has 0 aliphatic rings. The smallest absolute Gasteiger partial charge is 0.295 e. The number of hydrogen-bond acceptors (Lipinski definition) is 4. The average molecular weight is 230 g/mol. The maximum atomic E-state index is 10.8. The van der Waals surface area contributed by atoms with Crippen molar-refractivity contribution in [2.75, 3.05) is 0 Å². The van der Waals surface area contributed by atoms with Gasteiger partial charge < -0.3 is 5.11 Å². The van der Waals surface area contributed by atoms with Gasteiger partial charge in [0.25, 0.3) is 5.69 Å². The lowest BCUT2D eigenvalue weighted by Gasteiger charge is -2.02. The van der Waals surface area contributed by atoms with Gasteiger partial charge >= 0.3 is 0 Å². The van der Waals surface area contributed by atoms with Crippen molar-refractivity contribution >= 4 is 5.69 Å². The summed E-state index contributed by atoms with van der Waals surface area (Å²) < 4.78 is 0. The van der Waals surface area contributed by atoms with Crippen molar-refractivity contribution in [1.82, 2.24) is 4.98 Å². The quantitative estimate of drug-likeness (QED) is 0.647. The zero-order valence-corrected chi connectivity index (χ0v) is 8.91. The number of aliphatic hydroxyl groups excluding tert-OH is 1. The van der Waals surface area contributed by atoms with Gasteiger partial charge in [-0.05, 0) is 11.6 Å². The van der Waals surface area contributed by atoms with Gasteiger partial charge in [0.05, 0.1) is 11.5 Å². The number of hydrogen-bond donors (Lipinski definition) is 1. The van der Waals surface area contributed by atoms with E-state index < -0.39 is 4.92 Å². The molecule has 86 valence electrons. The second kappa shape index (κ2) is 4.71. The third-order valence-corrected chi connectivity index (χ3v) is 2.39. The van der Waals surface area contributed by atoms with Crippen molar-refractivity contribution in [3.8, 4) is 11.3 Å². The number of benzene rings is 1. The first-order valence-corrected chi connectivity index (χ1v) is 5.02. The minimum absolute atomic E-state index is 0.0238. The summed E-state index contributed by atoms with van der Waals surface area (Å²) in [6.45, 7) is -0.0510. The van der Waals surface area contributed by atoms with Crippen molar-refractivity contribution in [2.45, 2.75) is 6.61 Å². The van der Waals surface area contributed by atoms with E-state index in [1.807, 2.05) is 0 Å². The fraction of sp³-hybridized carbons (Fsp3) is 0.0833. The van der Waals surface area contributed by atoms with Crippen molar-refractivity contribution in [3.05, 3.63) is 58.3 Å². The van der Waals surface area contributed by atoms with Crippen molar-refractivity contribution in [1.29, 1.82) is 0 Å². The van der Waals surface area contributed by atoms with Crippen molar-refractivity contribution in [3.63, 3.8) is 0 Å². The summed E-state index contributed by atoms with van der Waals surface area (Å²) in [6.07, 6.45) is 1.52. The topological polar surface area (TPSA) is 76.3 Å². The molecule has 0 aliphatic carbocycles. The number of pyridine rings is 1. The van der Waals surface area contributed by atoms with Crippen molar-refractivity contribution in [2.24, 2.45) is 0 Å². The molecule has 0 saturated carbocycles. The van der Waals surface area contributed by atoms with E-state index in [1.165, 1.54) is 18.3 Å². The van der Waals surface area contributed by atoms with Gasteiger partial charge in [0.15, 0.2) is 0 Å². The molecule has 2 rings (SSSR count). The molecule has 0 unspecified atom stereocenters. The predicted octanol–water partition coefficient (Wildman–Crippen LogP) is 2.15. The minimum Gasteiger partial charge on any atom is -0.392 e. The third kappa shape index (κ3) is 2.29. The highest BCUT2D eigenvalue weighted by molar-refractivity contribution is 5.69. The van der Waals surface area contributed by atoms with Gasteiger partial charge in [-0.25, -0.2) is 4.98 Å². The van der Waals surface area contributed by atoms with Crippen LogP contribution in [-0.2, 0) is 6.61 Å². The molecule has 0 fully saturated rings. The Bertz CT molecular complexity index is 538. The number of aromatic nitrogens is 1. The Labute approximate surface area is 97.5 Å². The highest BCUT2D eigenvalue weighted by Gasteiger charge is 2.15. The number of nitrogens with zero attached hydrogens (tertiary/aromatic N) is 2. The van der Waals surface area contributed by atoms with E-state index >= 15 is 0 Å². The van der Waals surface area contributed by atoms with Crippen LogP contribution in [0.2, 0.25) is 0 Å². The van der Waals surface area contributed by atoms with Gasteiger partial charge in [-0.1, -0.05) is 24.3 Å². The van der Waals surface area contributed by atoms with Crippen LogP contribution in [-0.4, -0.2) is 15.0 Å². The van der Waals surface area contributed by atoms with E-state index in [2.05, 4.69) is 4.98 Å². The normalized spacial score (nSPS) is 10.2. The summed E-state index contributed by atoms with van der Waals surface area (Å²) in [6, 6.07) is 9.80. The van der Waals surface area contributed by atoms with E-state index in [9.17, 15) is 10.1 Å². The Kier molecular flexibility index (Phi) is 3.11. The maximum Gasteiger partial charge on any atom is 0.295 e. The predicted molar refractivity (Wildman–Crippen MR) is 62.3 cm³/mol. The summed E-state index contributed by atoms with van der Waals surface area (Å²) in [5, 5.41) is 19.8. The molecule has 0 saturated heterocycles. The summed E-state index contributed by atoms with van der Waals surface area (Å²) in [5.41, 5.74) is 1.73. The average Bonchev–Trinajstić information content (AvgIpc) is 2.39. The van der Waals surface area contributed by atoms with Crippen LogP contribution in [0.25, 0.3) is 11.3 Å².